The summed E-state index contributed by atoms with van der Waals surface area (Å²) in [5.41, 5.74) is 0.573. The molecule has 21 heavy (non-hydrogen) atoms. The van der Waals surface area contributed by atoms with Gasteiger partial charge in [-0.05, 0) is 24.6 Å². The summed E-state index contributed by atoms with van der Waals surface area (Å²) in [7, 11) is 0. The molecule has 0 aromatic heterocycles. The molecule has 1 aliphatic heterocycles. The topological polar surface area (TPSA) is 49.4 Å². The summed E-state index contributed by atoms with van der Waals surface area (Å²) < 4.78 is 0.854. The fourth-order valence-corrected chi connectivity index (χ4v) is 3.06. The summed E-state index contributed by atoms with van der Waals surface area (Å²) in [6.07, 6.45) is 2.29. The molecule has 114 valence electrons. The van der Waals surface area contributed by atoms with E-state index in [-0.39, 0.29) is 24.2 Å². The fourth-order valence-electron chi connectivity index (χ4n) is 2.34. The van der Waals surface area contributed by atoms with Gasteiger partial charge in [0.1, 0.15) is 0 Å². The second-order valence-corrected chi connectivity index (χ2v) is 6.53. The Bertz CT molecular complexity index is 550. The van der Waals surface area contributed by atoms with Crippen molar-refractivity contribution in [2.45, 2.75) is 26.2 Å². The standard InChI is InChI=1S/C15H18BrClN2O2/c1-2-3-6-19-9-10(7-14(19)20)15(21)18-13-5-4-11(16)8-12(13)17/h4-5,8,10H,2-3,6-7,9H2,1H3,(H,18,21)/t10-/m0/s1. The van der Waals surface area contributed by atoms with Crippen molar-refractivity contribution < 1.29 is 9.59 Å². The smallest absolute Gasteiger partial charge is 0.229 e. The van der Waals surface area contributed by atoms with Gasteiger partial charge in [-0.3, -0.25) is 9.59 Å². The van der Waals surface area contributed by atoms with E-state index in [1.807, 2.05) is 6.07 Å². The maximum atomic E-state index is 12.3. The molecule has 0 bridgehead atoms. The first kappa shape index (κ1) is 16.3. The van der Waals surface area contributed by atoms with Crippen molar-refractivity contribution in [3.63, 3.8) is 0 Å². The molecule has 0 aliphatic carbocycles. The Labute approximate surface area is 138 Å². The fraction of sp³-hybridized carbons (Fsp3) is 0.467. The van der Waals surface area contributed by atoms with Crippen molar-refractivity contribution in [1.82, 2.24) is 4.90 Å². The van der Waals surface area contributed by atoms with Crippen molar-refractivity contribution in [1.29, 1.82) is 0 Å². The van der Waals surface area contributed by atoms with Gasteiger partial charge in [0.15, 0.2) is 0 Å². The highest BCUT2D eigenvalue weighted by Gasteiger charge is 2.33. The molecule has 1 fully saturated rings. The summed E-state index contributed by atoms with van der Waals surface area (Å²) in [5.74, 6) is -0.383. The quantitative estimate of drug-likeness (QED) is 0.856. The maximum absolute atomic E-state index is 12.3. The number of rotatable bonds is 5. The Balaban J connectivity index is 1.96. The summed E-state index contributed by atoms with van der Waals surface area (Å²) in [5, 5.41) is 3.28. The van der Waals surface area contributed by atoms with Crippen LogP contribution in [0.5, 0.6) is 0 Å². The first-order valence-electron chi connectivity index (χ1n) is 7.05. The molecule has 4 nitrogen and oxygen atoms in total. The van der Waals surface area contributed by atoms with Crippen LogP contribution in [-0.4, -0.2) is 29.8 Å². The van der Waals surface area contributed by atoms with E-state index in [2.05, 4.69) is 28.2 Å². The number of benzene rings is 1. The minimum absolute atomic E-state index is 0.0607. The highest BCUT2D eigenvalue weighted by molar-refractivity contribution is 9.10. The normalized spacial score (nSPS) is 18.1. The number of anilines is 1. The van der Waals surface area contributed by atoms with E-state index in [4.69, 9.17) is 11.6 Å². The minimum atomic E-state index is -0.297. The van der Waals surface area contributed by atoms with Crippen LogP contribution < -0.4 is 5.32 Å². The van der Waals surface area contributed by atoms with Crippen LogP contribution in [0.4, 0.5) is 5.69 Å². The molecule has 1 atom stereocenters. The molecule has 0 radical (unpaired) electrons. The predicted molar refractivity (Wildman–Crippen MR) is 87.4 cm³/mol. The molecule has 1 saturated heterocycles. The number of likely N-dealkylation sites (tertiary alicyclic amines) is 1. The third-order valence-corrected chi connectivity index (χ3v) is 4.36. The lowest BCUT2D eigenvalue weighted by atomic mass is 10.1. The van der Waals surface area contributed by atoms with Crippen LogP contribution >= 0.6 is 27.5 Å². The number of carbonyl (C=O) groups is 2. The number of hydrogen-bond acceptors (Lipinski definition) is 2. The monoisotopic (exact) mass is 372 g/mol. The molecule has 6 heteroatoms. The predicted octanol–water partition coefficient (Wildman–Crippen LogP) is 3.69. The minimum Gasteiger partial charge on any atom is -0.342 e. The van der Waals surface area contributed by atoms with Gasteiger partial charge in [0.25, 0.3) is 0 Å². The van der Waals surface area contributed by atoms with Crippen molar-refractivity contribution in [3.8, 4) is 0 Å². The number of nitrogens with one attached hydrogen (secondary N) is 1. The highest BCUT2D eigenvalue weighted by Crippen LogP contribution is 2.27. The Kier molecular flexibility index (Phi) is 5.65. The van der Waals surface area contributed by atoms with Gasteiger partial charge in [-0.15, -0.1) is 0 Å². The number of hydrogen-bond donors (Lipinski definition) is 1. The lowest BCUT2D eigenvalue weighted by Gasteiger charge is -2.16. The zero-order valence-corrected chi connectivity index (χ0v) is 14.2. The van der Waals surface area contributed by atoms with Crippen LogP contribution in [0, 0.1) is 5.92 Å². The molecule has 1 aliphatic rings. The van der Waals surface area contributed by atoms with Gasteiger partial charge in [0.2, 0.25) is 11.8 Å². The summed E-state index contributed by atoms with van der Waals surface area (Å²) >= 11 is 9.40. The first-order valence-corrected chi connectivity index (χ1v) is 8.22. The molecule has 0 saturated carbocycles. The van der Waals surface area contributed by atoms with Crippen LogP contribution in [0.1, 0.15) is 26.2 Å². The molecule has 2 rings (SSSR count). The first-order chi connectivity index (χ1) is 10.0. The average Bonchev–Trinajstić information content (AvgIpc) is 2.81. The highest BCUT2D eigenvalue weighted by atomic mass is 79.9. The van der Waals surface area contributed by atoms with Crippen LogP contribution in [0.3, 0.4) is 0 Å². The second-order valence-electron chi connectivity index (χ2n) is 5.21. The molecule has 1 aromatic carbocycles. The van der Waals surface area contributed by atoms with Gasteiger partial charge in [-0.1, -0.05) is 40.9 Å². The Hall–Kier alpha value is -1.07. The molecule has 1 aromatic rings. The number of amides is 2. The average molecular weight is 374 g/mol. The zero-order chi connectivity index (χ0) is 15.4. The van der Waals surface area contributed by atoms with E-state index in [1.54, 1.807) is 17.0 Å². The number of nitrogens with zero attached hydrogens (tertiary/aromatic N) is 1. The Morgan fingerprint density at radius 3 is 2.95 bits per heavy atom. The van der Waals surface area contributed by atoms with Gasteiger partial charge < -0.3 is 10.2 Å². The summed E-state index contributed by atoms with van der Waals surface area (Å²) in [4.78, 5) is 25.9. The lowest BCUT2D eigenvalue weighted by molar-refractivity contribution is -0.128. The van der Waals surface area contributed by atoms with Crippen LogP contribution in [0.15, 0.2) is 22.7 Å². The van der Waals surface area contributed by atoms with E-state index in [0.717, 1.165) is 23.9 Å². The lowest BCUT2D eigenvalue weighted by Crippen LogP contribution is -2.29. The van der Waals surface area contributed by atoms with Crippen molar-refractivity contribution >= 4 is 45.0 Å². The van der Waals surface area contributed by atoms with Crippen molar-refractivity contribution in [2.24, 2.45) is 5.92 Å². The van der Waals surface area contributed by atoms with Crippen LogP contribution in [0.25, 0.3) is 0 Å². The van der Waals surface area contributed by atoms with Gasteiger partial charge >= 0.3 is 0 Å². The summed E-state index contributed by atoms with van der Waals surface area (Å²) in [6.45, 7) is 3.32. The van der Waals surface area contributed by atoms with E-state index in [0.29, 0.717) is 17.3 Å². The van der Waals surface area contributed by atoms with Crippen LogP contribution in [0.2, 0.25) is 5.02 Å². The van der Waals surface area contributed by atoms with Gasteiger partial charge in [-0.2, -0.15) is 0 Å². The van der Waals surface area contributed by atoms with Gasteiger partial charge in [-0.25, -0.2) is 0 Å². The molecule has 0 spiro atoms. The molecular weight excluding hydrogens is 356 g/mol. The molecule has 2 amide bonds. The van der Waals surface area contributed by atoms with E-state index in [9.17, 15) is 9.59 Å². The number of carbonyl (C=O) groups excluding carboxylic acids is 2. The Morgan fingerprint density at radius 1 is 1.52 bits per heavy atom. The zero-order valence-electron chi connectivity index (χ0n) is 11.9. The van der Waals surface area contributed by atoms with Gasteiger partial charge in [0, 0.05) is 24.0 Å². The molecule has 1 heterocycles. The van der Waals surface area contributed by atoms with Crippen molar-refractivity contribution in [3.05, 3.63) is 27.7 Å². The second kappa shape index (κ2) is 7.27. The third-order valence-electron chi connectivity index (χ3n) is 3.56. The molecular formula is C15H18BrClN2O2. The van der Waals surface area contributed by atoms with E-state index in [1.165, 1.54) is 0 Å². The van der Waals surface area contributed by atoms with E-state index >= 15 is 0 Å². The van der Waals surface area contributed by atoms with Gasteiger partial charge in [0.05, 0.1) is 16.6 Å². The van der Waals surface area contributed by atoms with Crippen molar-refractivity contribution in [2.75, 3.05) is 18.4 Å². The SMILES string of the molecule is CCCCN1C[C@@H](C(=O)Nc2ccc(Br)cc2Cl)CC1=O. The largest absolute Gasteiger partial charge is 0.342 e. The third kappa shape index (κ3) is 4.20. The van der Waals surface area contributed by atoms with Crippen LogP contribution in [-0.2, 0) is 9.59 Å². The number of unbranched alkanes of at least 4 members (excludes halogenated alkanes) is 1. The molecule has 1 N–H and O–H groups in total. The van der Waals surface area contributed by atoms with E-state index < -0.39 is 0 Å². The maximum Gasteiger partial charge on any atom is 0.229 e. The molecule has 0 unspecified atom stereocenters. The number of halogens is 2. The Morgan fingerprint density at radius 2 is 2.29 bits per heavy atom. The summed E-state index contributed by atoms with van der Waals surface area (Å²) in [6, 6.07) is 5.29.